The van der Waals surface area contributed by atoms with Crippen molar-refractivity contribution in [3.63, 3.8) is 0 Å². The second-order valence-electron chi connectivity index (χ2n) is 8.38. The SMILES string of the molecule is CC(C)SCC(C)(CCCCCCCCCCCO)c1ccc([N+](=O)[O-])cc1. The van der Waals surface area contributed by atoms with Crippen molar-refractivity contribution in [1.82, 2.24) is 0 Å². The predicted octanol–water partition coefficient (Wildman–Crippen LogP) is 6.89. The van der Waals surface area contributed by atoms with Gasteiger partial charge < -0.3 is 5.11 Å². The Morgan fingerprint density at radius 2 is 1.46 bits per heavy atom. The molecule has 0 fully saturated rings. The lowest BCUT2D eigenvalue weighted by Gasteiger charge is -2.31. The van der Waals surface area contributed by atoms with Crippen LogP contribution in [-0.4, -0.2) is 27.6 Å². The molecule has 0 aliphatic carbocycles. The molecule has 1 aromatic carbocycles. The third-order valence-corrected chi connectivity index (χ3v) is 6.87. The maximum Gasteiger partial charge on any atom is 0.269 e. The zero-order valence-electron chi connectivity index (χ0n) is 18.0. The number of benzene rings is 1. The number of thioether (sulfide) groups is 1. The van der Waals surface area contributed by atoms with E-state index in [-0.39, 0.29) is 16.0 Å². The zero-order chi connectivity index (χ0) is 20.8. The molecular formula is C23H39NO3S. The monoisotopic (exact) mass is 409 g/mol. The number of unbranched alkanes of at least 4 members (excludes halogenated alkanes) is 8. The molecule has 0 aromatic heterocycles. The van der Waals surface area contributed by atoms with Crippen molar-refractivity contribution in [3.8, 4) is 0 Å². The van der Waals surface area contributed by atoms with Crippen LogP contribution in [0, 0.1) is 10.1 Å². The number of rotatable bonds is 16. The Labute approximate surface area is 175 Å². The number of aliphatic hydroxyl groups is 1. The van der Waals surface area contributed by atoms with Crippen LogP contribution in [-0.2, 0) is 5.41 Å². The first-order valence-electron chi connectivity index (χ1n) is 10.9. The largest absolute Gasteiger partial charge is 0.396 e. The van der Waals surface area contributed by atoms with E-state index < -0.39 is 0 Å². The molecule has 1 unspecified atom stereocenters. The summed E-state index contributed by atoms with van der Waals surface area (Å²) in [5.41, 5.74) is 1.45. The van der Waals surface area contributed by atoms with Crippen molar-refractivity contribution >= 4 is 17.4 Å². The van der Waals surface area contributed by atoms with Gasteiger partial charge in [-0.15, -0.1) is 0 Å². The lowest BCUT2D eigenvalue weighted by molar-refractivity contribution is -0.384. The van der Waals surface area contributed by atoms with Crippen LogP contribution >= 0.6 is 11.8 Å². The summed E-state index contributed by atoms with van der Waals surface area (Å²) in [4.78, 5) is 10.6. The third-order valence-electron chi connectivity index (χ3n) is 5.40. The molecule has 0 spiro atoms. The van der Waals surface area contributed by atoms with Gasteiger partial charge in [-0.25, -0.2) is 0 Å². The van der Waals surface area contributed by atoms with Crippen LogP contribution in [0.2, 0.25) is 0 Å². The number of hydrogen-bond acceptors (Lipinski definition) is 4. The average Bonchev–Trinajstić information content (AvgIpc) is 2.68. The molecule has 1 rings (SSSR count). The highest BCUT2D eigenvalue weighted by Crippen LogP contribution is 2.35. The van der Waals surface area contributed by atoms with Gasteiger partial charge in [0.2, 0.25) is 0 Å². The molecule has 0 saturated carbocycles. The number of non-ortho nitro benzene ring substituents is 1. The normalized spacial score (nSPS) is 13.6. The van der Waals surface area contributed by atoms with E-state index in [9.17, 15) is 10.1 Å². The first-order chi connectivity index (χ1) is 13.4. The molecule has 0 saturated heterocycles. The third kappa shape index (κ3) is 9.92. The quantitative estimate of drug-likeness (QED) is 0.183. The number of nitro benzene ring substituents is 1. The van der Waals surface area contributed by atoms with Gasteiger partial charge in [-0.2, -0.15) is 11.8 Å². The molecule has 0 amide bonds. The molecule has 0 bridgehead atoms. The van der Waals surface area contributed by atoms with E-state index in [1.54, 1.807) is 12.1 Å². The average molecular weight is 410 g/mol. The van der Waals surface area contributed by atoms with Crippen LogP contribution in [0.25, 0.3) is 0 Å². The van der Waals surface area contributed by atoms with Gasteiger partial charge in [0.05, 0.1) is 4.92 Å². The Bertz CT molecular complexity index is 547. The van der Waals surface area contributed by atoms with E-state index in [1.165, 1.54) is 50.5 Å². The molecule has 1 atom stereocenters. The van der Waals surface area contributed by atoms with Crippen LogP contribution in [0.5, 0.6) is 0 Å². The number of aliphatic hydroxyl groups excluding tert-OH is 1. The van der Waals surface area contributed by atoms with Crippen LogP contribution in [0.3, 0.4) is 0 Å². The van der Waals surface area contributed by atoms with Gasteiger partial charge in [-0.05, 0) is 23.7 Å². The van der Waals surface area contributed by atoms with Gasteiger partial charge in [-0.3, -0.25) is 10.1 Å². The maximum atomic E-state index is 10.9. The highest BCUT2D eigenvalue weighted by atomic mass is 32.2. The van der Waals surface area contributed by atoms with Crippen molar-refractivity contribution in [3.05, 3.63) is 39.9 Å². The molecule has 5 heteroatoms. The maximum absolute atomic E-state index is 10.9. The van der Waals surface area contributed by atoms with E-state index >= 15 is 0 Å². The standard InChI is InChI=1S/C23H39NO3S/c1-20(2)28-19-23(3,21-13-15-22(16-14-21)24(26)27)17-11-9-7-5-4-6-8-10-12-18-25/h13-16,20,25H,4-12,17-19H2,1-3H3. The first-order valence-corrected chi connectivity index (χ1v) is 11.9. The number of nitro groups is 1. The fourth-order valence-electron chi connectivity index (χ4n) is 3.50. The fourth-order valence-corrected chi connectivity index (χ4v) is 4.51. The van der Waals surface area contributed by atoms with Crippen LogP contribution in [0.15, 0.2) is 24.3 Å². The van der Waals surface area contributed by atoms with Gasteiger partial charge in [0.15, 0.2) is 0 Å². The zero-order valence-corrected chi connectivity index (χ0v) is 18.8. The van der Waals surface area contributed by atoms with E-state index in [0.29, 0.717) is 11.9 Å². The number of hydrogen-bond donors (Lipinski definition) is 1. The van der Waals surface area contributed by atoms with Gasteiger partial charge in [0, 0.05) is 29.9 Å². The lowest BCUT2D eigenvalue weighted by Crippen LogP contribution is -2.26. The van der Waals surface area contributed by atoms with Crippen molar-refractivity contribution in [1.29, 1.82) is 0 Å². The minimum absolute atomic E-state index is 0.0638. The summed E-state index contributed by atoms with van der Waals surface area (Å²) in [7, 11) is 0. The van der Waals surface area contributed by atoms with Gasteiger partial charge >= 0.3 is 0 Å². The summed E-state index contributed by atoms with van der Waals surface area (Å²) in [5, 5.41) is 20.3. The smallest absolute Gasteiger partial charge is 0.269 e. The van der Waals surface area contributed by atoms with Gasteiger partial charge in [0.25, 0.3) is 5.69 Å². The number of nitrogens with zero attached hydrogens (tertiary/aromatic N) is 1. The summed E-state index contributed by atoms with van der Waals surface area (Å²) >= 11 is 1.97. The Morgan fingerprint density at radius 1 is 0.964 bits per heavy atom. The first kappa shape index (κ1) is 25.0. The molecule has 160 valence electrons. The van der Waals surface area contributed by atoms with Crippen molar-refractivity contribution in [2.24, 2.45) is 0 Å². The predicted molar refractivity (Wildman–Crippen MR) is 121 cm³/mol. The molecule has 0 heterocycles. The molecular weight excluding hydrogens is 370 g/mol. The highest BCUT2D eigenvalue weighted by molar-refractivity contribution is 7.99. The summed E-state index contributed by atoms with van der Waals surface area (Å²) in [6, 6.07) is 7.19. The molecule has 0 aliphatic heterocycles. The summed E-state index contributed by atoms with van der Waals surface area (Å²) in [6.45, 7) is 7.08. The van der Waals surface area contributed by atoms with E-state index in [1.807, 2.05) is 23.9 Å². The Hall–Kier alpha value is -1.07. The Morgan fingerprint density at radius 3 is 1.93 bits per heavy atom. The second-order valence-corrected chi connectivity index (χ2v) is 9.94. The van der Waals surface area contributed by atoms with E-state index in [4.69, 9.17) is 5.11 Å². The summed E-state index contributed by atoms with van der Waals surface area (Å²) < 4.78 is 0. The van der Waals surface area contributed by atoms with E-state index in [0.717, 1.165) is 25.0 Å². The molecule has 1 N–H and O–H groups in total. The molecule has 0 radical (unpaired) electrons. The van der Waals surface area contributed by atoms with Gasteiger partial charge in [0.1, 0.15) is 0 Å². The summed E-state index contributed by atoms with van der Waals surface area (Å²) in [5.74, 6) is 1.05. The summed E-state index contributed by atoms with van der Waals surface area (Å²) in [6.07, 6.45) is 12.1. The van der Waals surface area contributed by atoms with Crippen LogP contribution < -0.4 is 0 Å². The lowest BCUT2D eigenvalue weighted by atomic mass is 9.79. The highest BCUT2D eigenvalue weighted by Gasteiger charge is 2.27. The molecule has 28 heavy (non-hydrogen) atoms. The topological polar surface area (TPSA) is 63.4 Å². The van der Waals surface area contributed by atoms with Crippen molar-refractivity contribution < 1.29 is 10.0 Å². The second kappa shape index (κ2) is 14.0. The van der Waals surface area contributed by atoms with Crippen molar-refractivity contribution in [2.45, 2.75) is 95.6 Å². The minimum atomic E-state index is -0.326. The van der Waals surface area contributed by atoms with Crippen LogP contribution in [0.4, 0.5) is 5.69 Å². The Kier molecular flexibility index (Phi) is 12.5. The minimum Gasteiger partial charge on any atom is -0.396 e. The van der Waals surface area contributed by atoms with E-state index in [2.05, 4.69) is 20.8 Å². The Balaban J connectivity index is 2.45. The fraction of sp³-hybridized carbons (Fsp3) is 0.739. The van der Waals surface area contributed by atoms with Crippen LogP contribution in [0.1, 0.15) is 90.5 Å². The van der Waals surface area contributed by atoms with Gasteiger partial charge in [-0.1, -0.05) is 84.3 Å². The molecule has 0 aliphatic rings. The molecule has 1 aromatic rings. The molecule has 4 nitrogen and oxygen atoms in total. The van der Waals surface area contributed by atoms with Crippen molar-refractivity contribution in [2.75, 3.05) is 12.4 Å².